The molecule has 212 valence electrons. The second-order valence-corrected chi connectivity index (χ2v) is 9.89. The number of benzene rings is 3. The summed E-state index contributed by atoms with van der Waals surface area (Å²) in [5.41, 5.74) is 2.56. The van der Waals surface area contributed by atoms with Crippen LogP contribution in [0.3, 0.4) is 0 Å². The van der Waals surface area contributed by atoms with Crippen molar-refractivity contribution in [2.24, 2.45) is 0 Å². The Labute approximate surface area is 225 Å². The first kappa shape index (κ1) is 29.0. The molecule has 3 aromatic carbocycles. The van der Waals surface area contributed by atoms with Crippen molar-refractivity contribution in [2.45, 2.75) is 38.3 Å². The van der Waals surface area contributed by atoms with E-state index in [1.807, 2.05) is 48.5 Å². The number of hydrogen-bond donors (Lipinski definition) is 1. The Morgan fingerprint density at radius 1 is 0.850 bits per heavy atom. The van der Waals surface area contributed by atoms with Crippen LogP contribution >= 0.6 is 0 Å². The first-order chi connectivity index (χ1) is 18.9. The lowest BCUT2D eigenvalue weighted by Crippen LogP contribution is -2.55. The molecule has 0 saturated heterocycles. The van der Waals surface area contributed by atoms with Gasteiger partial charge in [0.25, 0.3) is 0 Å². The molecule has 0 bridgehead atoms. The molecule has 0 unspecified atom stereocenters. The van der Waals surface area contributed by atoms with E-state index in [0.29, 0.717) is 5.06 Å². The number of halogens is 5. The van der Waals surface area contributed by atoms with E-state index >= 15 is 0 Å². The Balaban J connectivity index is 1.51. The SMILES string of the molecule is CC(C)(C)N(OC(=O)OCC1c2ccccc2-c2ccccc21)[C@@H](CO)C(=O)Oc1c(F)c(F)c(F)c(F)c1F. The maximum absolute atomic E-state index is 14.1. The van der Waals surface area contributed by atoms with Gasteiger partial charge in [-0.05, 0) is 43.0 Å². The quantitative estimate of drug-likeness (QED) is 0.0993. The zero-order valence-electron chi connectivity index (χ0n) is 21.5. The van der Waals surface area contributed by atoms with Crippen molar-refractivity contribution in [3.63, 3.8) is 0 Å². The third kappa shape index (κ3) is 5.36. The van der Waals surface area contributed by atoms with E-state index in [9.17, 15) is 36.6 Å². The van der Waals surface area contributed by atoms with E-state index in [1.165, 1.54) is 20.8 Å². The lowest BCUT2D eigenvalue weighted by molar-refractivity contribution is -0.215. The molecule has 7 nitrogen and oxygen atoms in total. The van der Waals surface area contributed by atoms with Gasteiger partial charge in [0.2, 0.25) is 34.8 Å². The highest BCUT2D eigenvalue weighted by Crippen LogP contribution is 2.44. The number of carbonyl (C=O) groups excluding carboxylic acids is 2. The normalized spacial score (nSPS) is 13.6. The Bertz CT molecular complexity index is 1380. The first-order valence-corrected chi connectivity index (χ1v) is 12.0. The Kier molecular flexibility index (Phi) is 8.13. The molecule has 4 rings (SSSR count). The molecule has 0 aliphatic heterocycles. The lowest BCUT2D eigenvalue weighted by atomic mass is 9.98. The van der Waals surface area contributed by atoms with Crippen LogP contribution in [-0.2, 0) is 14.4 Å². The Hall–Kier alpha value is -4.03. The fourth-order valence-electron chi connectivity index (χ4n) is 4.45. The van der Waals surface area contributed by atoms with Crippen molar-refractivity contribution >= 4 is 12.1 Å². The van der Waals surface area contributed by atoms with Gasteiger partial charge in [-0.1, -0.05) is 48.5 Å². The molecule has 0 spiro atoms. The summed E-state index contributed by atoms with van der Waals surface area (Å²) in [4.78, 5) is 30.7. The fourth-order valence-corrected chi connectivity index (χ4v) is 4.45. The van der Waals surface area contributed by atoms with Gasteiger partial charge >= 0.3 is 12.1 Å². The molecule has 1 aliphatic carbocycles. The standard InChI is InChI=1S/C28H24F5NO6/c1-28(2,3)34(19(12-35)26(36)39-25-23(32)21(30)20(29)22(31)24(25)33)40-27(37)38-13-18-16-10-6-4-8-14(16)15-9-5-7-11-17(15)18/h4-11,18-19,35H,12-13H2,1-3H3/t19-/m0/s1. The van der Waals surface area contributed by atoms with Crippen LogP contribution in [0.25, 0.3) is 11.1 Å². The minimum Gasteiger partial charge on any atom is -0.432 e. The summed E-state index contributed by atoms with van der Waals surface area (Å²) in [5, 5.41) is 10.5. The van der Waals surface area contributed by atoms with Crippen LogP contribution in [0.4, 0.5) is 26.7 Å². The molecule has 3 aromatic rings. The average Bonchev–Trinajstić information content (AvgIpc) is 3.25. The molecular weight excluding hydrogens is 541 g/mol. The summed E-state index contributed by atoms with van der Waals surface area (Å²) in [6, 6.07) is 13.2. The zero-order valence-corrected chi connectivity index (χ0v) is 21.5. The predicted molar refractivity (Wildman–Crippen MR) is 130 cm³/mol. The monoisotopic (exact) mass is 565 g/mol. The summed E-state index contributed by atoms with van der Waals surface area (Å²) in [6.45, 7) is 3.10. The molecule has 12 heteroatoms. The predicted octanol–water partition coefficient (Wildman–Crippen LogP) is 5.63. The number of fused-ring (bicyclic) bond motifs is 3. The molecule has 0 saturated carbocycles. The van der Waals surface area contributed by atoms with Crippen LogP contribution in [0.15, 0.2) is 48.5 Å². The molecule has 0 heterocycles. The number of aliphatic hydroxyl groups excluding tert-OH is 1. The topological polar surface area (TPSA) is 85.3 Å². The van der Waals surface area contributed by atoms with Crippen molar-refractivity contribution in [3.05, 3.63) is 88.7 Å². The molecule has 0 fully saturated rings. The van der Waals surface area contributed by atoms with E-state index in [4.69, 9.17) is 9.57 Å². The highest BCUT2D eigenvalue weighted by molar-refractivity contribution is 5.79. The van der Waals surface area contributed by atoms with Gasteiger partial charge in [0.05, 0.1) is 6.61 Å². The van der Waals surface area contributed by atoms with Gasteiger partial charge in [-0.2, -0.15) is 8.78 Å². The number of hydrogen-bond acceptors (Lipinski definition) is 7. The first-order valence-electron chi connectivity index (χ1n) is 12.0. The molecule has 40 heavy (non-hydrogen) atoms. The average molecular weight is 565 g/mol. The second kappa shape index (κ2) is 11.2. The lowest BCUT2D eigenvalue weighted by Gasteiger charge is -2.36. The molecule has 1 atom stereocenters. The summed E-state index contributed by atoms with van der Waals surface area (Å²) >= 11 is 0. The van der Waals surface area contributed by atoms with Gasteiger partial charge in [-0.15, -0.1) is 5.06 Å². The van der Waals surface area contributed by atoms with Gasteiger partial charge in [0.1, 0.15) is 6.61 Å². The third-order valence-corrected chi connectivity index (χ3v) is 6.26. The maximum Gasteiger partial charge on any atom is 0.527 e. The number of carbonyl (C=O) groups is 2. The largest absolute Gasteiger partial charge is 0.527 e. The second-order valence-electron chi connectivity index (χ2n) is 9.89. The maximum atomic E-state index is 14.1. The van der Waals surface area contributed by atoms with Crippen LogP contribution in [0.5, 0.6) is 5.75 Å². The molecular formula is C28H24F5NO6. The van der Waals surface area contributed by atoms with Gasteiger partial charge in [0, 0.05) is 11.5 Å². The minimum absolute atomic E-state index is 0.149. The summed E-state index contributed by atoms with van der Waals surface area (Å²) in [5.74, 6) is -15.7. The van der Waals surface area contributed by atoms with E-state index in [1.54, 1.807) is 0 Å². The number of ether oxygens (including phenoxy) is 2. The number of nitrogens with zero attached hydrogens (tertiary/aromatic N) is 1. The third-order valence-electron chi connectivity index (χ3n) is 6.26. The van der Waals surface area contributed by atoms with Crippen LogP contribution < -0.4 is 4.74 Å². The van der Waals surface area contributed by atoms with Crippen LogP contribution in [0.2, 0.25) is 0 Å². The van der Waals surface area contributed by atoms with Crippen LogP contribution in [-0.4, -0.2) is 47.1 Å². The summed E-state index contributed by atoms with van der Waals surface area (Å²) < 4.78 is 78.4. The Morgan fingerprint density at radius 2 is 1.32 bits per heavy atom. The number of rotatable bonds is 7. The van der Waals surface area contributed by atoms with Gasteiger partial charge in [-0.25, -0.2) is 22.8 Å². The Morgan fingerprint density at radius 3 is 1.80 bits per heavy atom. The number of esters is 1. The molecule has 0 aromatic heterocycles. The summed E-state index contributed by atoms with van der Waals surface area (Å²) in [7, 11) is 0. The van der Waals surface area contributed by atoms with Gasteiger partial charge in [-0.3, -0.25) is 0 Å². The molecule has 0 radical (unpaired) electrons. The van der Waals surface area contributed by atoms with Crippen molar-refractivity contribution in [3.8, 4) is 16.9 Å². The van der Waals surface area contributed by atoms with Crippen molar-refractivity contribution in [2.75, 3.05) is 13.2 Å². The van der Waals surface area contributed by atoms with E-state index in [2.05, 4.69) is 4.74 Å². The number of aliphatic hydroxyl groups is 1. The van der Waals surface area contributed by atoms with E-state index < -0.39 is 65.1 Å². The highest BCUT2D eigenvalue weighted by atomic mass is 19.2. The zero-order chi connectivity index (χ0) is 29.4. The van der Waals surface area contributed by atoms with Crippen LogP contribution in [0, 0.1) is 29.1 Å². The van der Waals surface area contributed by atoms with Crippen molar-refractivity contribution in [1.82, 2.24) is 5.06 Å². The van der Waals surface area contributed by atoms with E-state index in [0.717, 1.165) is 22.3 Å². The van der Waals surface area contributed by atoms with Crippen molar-refractivity contribution in [1.29, 1.82) is 0 Å². The van der Waals surface area contributed by atoms with Gasteiger partial charge < -0.3 is 19.4 Å². The molecule has 1 N–H and O–H groups in total. The molecule has 0 amide bonds. The van der Waals surface area contributed by atoms with E-state index in [-0.39, 0.29) is 12.5 Å². The smallest absolute Gasteiger partial charge is 0.432 e. The fraction of sp³-hybridized carbons (Fsp3) is 0.286. The highest BCUT2D eigenvalue weighted by Gasteiger charge is 2.40. The van der Waals surface area contributed by atoms with Gasteiger partial charge in [0.15, 0.2) is 6.04 Å². The summed E-state index contributed by atoms with van der Waals surface area (Å²) in [6.07, 6.45) is -1.28. The van der Waals surface area contributed by atoms with Crippen LogP contribution in [0.1, 0.15) is 37.8 Å². The van der Waals surface area contributed by atoms with Crippen molar-refractivity contribution < 1.29 is 51.0 Å². The minimum atomic E-state index is -2.44. The molecule has 1 aliphatic rings. The number of hydroxylamine groups is 2.